The lowest BCUT2D eigenvalue weighted by atomic mass is 10.1. The van der Waals surface area contributed by atoms with E-state index in [0.29, 0.717) is 27.5 Å². The molecule has 1 aromatic carbocycles. The van der Waals surface area contributed by atoms with Gasteiger partial charge in [-0.1, -0.05) is 23.7 Å². The number of benzene rings is 1. The Kier molecular flexibility index (Phi) is 4.31. The van der Waals surface area contributed by atoms with Crippen LogP contribution in [-0.2, 0) is 4.79 Å². The summed E-state index contributed by atoms with van der Waals surface area (Å²) in [5.74, 6) is -1.78. The van der Waals surface area contributed by atoms with Crippen LogP contribution in [0.4, 0.5) is 10.1 Å². The summed E-state index contributed by atoms with van der Waals surface area (Å²) in [5, 5.41) is 10.8. The predicted octanol–water partition coefficient (Wildman–Crippen LogP) is 4.18. The molecule has 0 spiro atoms. The van der Waals surface area contributed by atoms with Crippen LogP contribution >= 0.6 is 11.6 Å². The molecule has 0 aliphatic rings. The Morgan fingerprint density at radius 2 is 2.12 bits per heavy atom. The highest BCUT2D eigenvalue weighted by atomic mass is 35.5. The van der Waals surface area contributed by atoms with Gasteiger partial charge in [0, 0.05) is 17.3 Å². The molecule has 0 aliphatic carbocycles. The molecule has 0 radical (unpaired) electrons. The maximum atomic E-state index is 14.2. The normalized spacial score (nSPS) is 11.8. The van der Waals surface area contributed by atoms with Crippen molar-refractivity contribution in [1.82, 2.24) is 15.2 Å². The van der Waals surface area contributed by atoms with Crippen LogP contribution in [-0.4, -0.2) is 21.1 Å². The number of aromatic nitrogens is 3. The minimum Gasteiger partial charge on any atom is -0.318 e. The Labute approximate surface area is 142 Å². The van der Waals surface area contributed by atoms with Gasteiger partial charge in [0.1, 0.15) is 0 Å². The van der Waals surface area contributed by atoms with Crippen LogP contribution < -0.4 is 5.32 Å². The molecule has 7 heteroatoms. The van der Waals surface area contributed by atoms with Crippen molar-refractivity contribution in [2.75, 3.05) is 5.32 Å². The molecule has 0 saturated heterocycles. The number of halogens is 2. The molecule has 122 valence electrons. The molecule has 3 aromatic rings. The molecule has 0 aliphatic heterocycles. The van der Waals surface area contributed by atoms with Crippen LogP contribution in [0.25, 0.3) is 17.0 Å². The Hall–Kier alpha value is -2.73. The number of nitrogens with zero attached hydrogens (tertiary/aromatic N) is 2. The number of H-pyrrole nitrogens is 1. The largest absolute Gasteiger partial charge is 0.318 e. The smallest absolute Gasteiger partial charge is 0.284 e. The monoisotopic (exact) mass is 344 g/mol. The molecular formula is C17H14ClFN4O. The summed E-state index contributed by atoms with van der Waals surface area (Å²) in [7, 11) is 0. The Bertz CT molecular complexity index is 964. The summed E-state index contributed by atoms with van der Waals surface area (Å²) in [6.07, 6.45) is 2.62. The topological polar surface area (TPSA) is 70.7 Å². The molecule has 1 amide bonds. The third-order valence-corrected chi connectivity index (χ3v) is 3.79. The minimum absolute atomic E-state index is 0.361. The summed E-state index contributed by atoms with van der Waals surface area (Å²) in [5.41, 5.74) is 3.11. The maximum absolute atomic E-state index is 14.2. The van der Waals surface area contributed by atoms with E-state index < -0.39 is 11.7 Å². The molecule has 0 atom stereocenters. The number of amides is 1. The van der Waals surface area contributed by atoms with Crippen molar-refractivity contribution in [3.63, 3.8) is 0 Å². The van der Waals surface area contributed by atoms with Crippen LogP contribution in [0.2, 0.25) is 5.02 Å². The van der Waals surface area contributed by atoms with Crippen molar-refractivity contribution < 1.29 is 9.18 Å². The van der Waals surface area contributed by atoms with E-state index in [-0.39, 0.29) is 0 Å². The second-order valence-corrected chi connectivity index (χ2v) is 5.79. The van der Waals surface area contributed by atoms with E-state index in [1.165, 1.54) is 12.3 Å². The van der Waals surface area contributed by atoms with Crippen LogP contribution in [0.3, 0.4) is 0 Å². The molecule has 2 heterocycles. The summed E-state index contributed by atoms with van der Waals surface area (Å²) in [6.45, 7) is 3.60. The van der Waals surface area contributed by atoms with Crippen molar-refractivity contribution in [2.24, 2.45) is 0 Å². The second kappa shape index (κ2) is 6.41. The van der Waals surface area contributed by atoms with Gasteiger partial charge >= 0.3 is 0 Å². The summed E-state index contributed by atoms with van der Waals surface area (Å²) in [6, 6.07) is 6.78. The van der Waals surface area contributed by atoms with E-state index >= 15 is 0 Å². The van der Waals surface area contributed by atoms with Crippen molar-refractivity contribution in [3.8, 4) is 0 Å². The number of rotatable bonds is 3. The summed E-state index contributed by atoms with van der Waals surface area (Å²) < 4.78 is 14.2. The maximum Gasteiger partial charge on any atom is 0.284 e. The number of aromatic amines is 1. The second-order valence-electron chi connectivity index (χ2n) is 5.36. The number of anilines is 1. The van der Waals surface area contributed by atoms with Gasteiger partial charge in [0.05, 0.1) is 21.9 Å². The van der Waals surface area contributed by atoms with Crippen LogP contribution in [0.1, 0.15) is 17.0 Å². The van der Waals surface area contributed by atoms with Crippen LogP contribution in [0.15, 0.2) is 36.3 Å². The van der Waals surface area contributed by atoms with Crippen LogP contribution in [0.5, 0.6) is 0 Å². The molecule has 3 rings (SSSR count). The van der Waals surface area contributed by atoms with E-state index in [1.807, 2.05) is 13.0 Å². The van der Waals surface area contributed by atoms with Gasteiger partial charge in [0.25, 0.3) is 5.91 Å². The van der Waals surface area contributed by atoms with Crippen molar-refractivity contribution in [1.29, 1.82) is 0 Å². The molecule has 0 unspecified atom stereocenters. The average Bonchev–Trinajstić information content (AvgIpc) is 2.91. The van der Waals surface area contributed by atoms with Gasteiger partial charge < -0.3 is 5.32 Å². The van der Waals surface area contributed by atoms with Gasteiger partial charge in [-0.2, -0.15) is 5.10 Å². The van der Waals surface area contributed by atoms with Gasteiger partial charge in [-0.3, -0.25) is 14.9 Å². The van der Waals surface area contributed by atoms with E-state index in [0.717, 1.165) is 17.2 Å². The molecule has 0 bridgehead atoms. The SMILES string of the molecule is Cc1ncc(Cl)cc1NC(=O)/C(F)=C/c1ccc2c(C)[nH]nc2c1. The number of pyridine rings is 1. The zero-order chi connectivity index (χ0) is 17.3. The van der Waals surface area contributed by atoms with E-state index in [2.05, 4.69) is 20.5 Å². The highest BCUT2D eigenvalue weighted by Gasteiger charge is 2.12. The molecular weight excluding hydrogens is 331 g/mol. The fourth-order valence-corrected chi connectivity index (χ4v) is 2.44. The molecule has 24 heavy (non-hydrogen) atoms. The van der Waals surface area contributed by atoms with E-state index in [1.54, 1.807) is 19.1 Å². The van der Waals surface area contributed by atoms with Gasteiger partial charge in [-0.05, 0) is 37.6 Å². The Morgan fingerprint density at radius 3 is 2.92 bits per heavy atom. The average molecular weight is 345 g/mol. The molecule has 2 aromatic heterocycles. The van der Waals surface area contributed by atoms with Gasteiger partial charge in [-0.15, -0.1) is 0 Å². The number of carbonyl (C=O) groups is 1. The van der Waals surface area contributed by atoms with Gasteiger partial charge in [0.15, 0.2) is 5.83 Å². The fourth-order valence-electron chi connectivity index (χ4n) is 2.28. The summed E-state index contributed by atoms with van der Waals surface area (Å²) in [4.78, 5) is 16.0. The van der Waals surface area contributed by atoms with Crippen molar-refractivity contribution in [2.45, 2.75) is 13.8 Å². The van der Waals surface area contributed by atoms with Crippen LogP contribution in [0, 0.1) is 13.8 Å². The van der Waals surface area contributed by atoms with Crippen molar-refractivity contribution in [3.05, 3.63) is 58.3 Å². The lowest BCUT2D eigenvalue weighted by Crippen LogP contribution is -2.13. The third kappa shape index (κ3) is 3.28. The lowest BCUT2D eigenvalue weighted by molar-refractivity contribution is -0.114. The quantitative estimate of drug-likeness (QED) is 0.700. The zero-order valence-corrected chi connectivity index (χ0v) is 13.8. The predicted molar refractivity (Wildman–Crippen MR) is 92.5 cm³/mol. The number of fused-ring (bicyclic) bond motifs is 1. The first kappa shape index (κ1) is 16.1. The van der Waals surface area contributed by atoms with E-state index in [4.69, 9.17) is 11.6 Å². The first-order valence-corrected chi connectivity index (χ1v) is 7.57. The standard InChI is InChI=1S/C17H14ClFN4O/c1-9-13-4-3-11(6-16(13)23-22-9)5-14(19)17(24)21-15-7-12(18)8-20-10(15)2/h3-8H,1-2H3,(H,21,24)(H,22,23)/b14-5-. The zero-order valence-electron chi connectivity index (χ0n) is 13.0. The van der Waals surface area contributed by atoms with Crippen molar-refractivity contribution >= 4 is 40.2 Å². The number of hydrogen-bond acceptors (Lipinski definition) is 3. The van der Waals surface area contributed by atoms with Gasteiger partial charge in [0.2, 0.25) is 0 Å². The Morgan fingerprint density at radius 1 is 1.33 bits per heavy atom. The first-order chi connectivity index (χ1) is 11.4. The number of carbonyl (C=O) groups excluding carboxylic acids is 1. The molecule has 0 fully saturated rings. The molecule has 5 nitrogen and oxygen atoms in total. The third-order valence-electron chi connectivity index (χ3n) is 3.58. The lowest BCUT2D eigenvalue weighted by Gasteiger charge is -2.07. The summed E-state index contributed by atoms with van der Waals surface area (Å²) >= 11 is 5.84. The number of nitrogens with one attached hydrogen (secondary N) is 2. The Balaban J connectivity index is 1.83. The van der Waals surface area contributed by atoms with E-state index in [9.17, 15) is 9.18 Å². The molecule has 0 saturated carbocycles. The highest BCUT2D eigenvalue weighted by Crippen LogP contribution is 2.21. The highest BCUT2D eigenvalue weighted by molar-refractivity contribution is 6.30. The first-order valence-electron chi connectivity index (χ1n) is 7.19. The molecule has 2 N–H and O–H groups in total. The fraction of sp³-hybridized carbons (Fsp3) is 0.118. The minimum atomic E-state index is -0.916. The number of hydrogen-bond donors (Lipinski definition) is 2. The van der Waals surface area contributed by atoms with Gasteiger partial charge in [-0.25, -0.2) is 4.39 Å². The number of aryl methyl sites for hydroxylation is 2.